The van der Waals surface area contributed by atoms with Crippen molar-refractivity contribution in [3.05, 3.63) is 51.8 Å². The molecular formula is C21H23Cl3FN3O2S. The molecule has 0 unspecified atom stereocenters. The van der Waals surface area contributed by atoms with E-state index in [-0.39, 0.29) is 28.9 Å². The Morgan fingerprint density at radius 3 is 2.45 bits per heavy atom. The molecule has 2 aromatic carbocycles. The van der Waals surface area contributed by atoms with Crippen molar-refractivity contribution in [2.24, 2.45) is 0 Å². The highest BCUT2D eigenvalue weighted by atomic mass is 35.5. The number of nitrogens with zero attached hydrogens (tertiary/aromatic N) is 3. The topological polar surface area (TPSA) is 45.7 Å². The zero-order valence-corrected chi connectivity index (χ0v) is 20.5. The van der Waals surface area contributed by atoms with Gasteiger partial charge in [0.2, 0.25) is 0 Å². The van der Waals surface area contributed by atoms with E-state index in [0.717, 1.165) is 23.9 Å². The van der Waals surface area contributed by atoms with Gasteiger partial charge in [-0.15, -0.1) is 12.4 Å². The SMILES string of the molecule is CCN(CC)CCN(C(=O)c1ccc(F)cc1Cl)c1nc2c(OC)ccc(Cl)c2s1.Cl. The van der Waals surface area contributed by atoms with Crippen molar-refractivity contribution in [2.75, 3.05) is 38.2 Å². The molecule has 1 aromatic heterocycles. The number of carbonyl (C=O) groups excluding carboxylic acids is 1. The third-order valence-electron chi connectivity index (χ3n) is 4.84. The lowest BCUT2D eigenvalue weighted by molar-refractivity contribution is 0.0984. The number of hydrogen-bond donors (Lipinski definition) is 0. The molecule has 3 rings (SSSR count). The molecule has 3 aromatic rings. The van der Waals surface area contributed by atoms with Crippen LogP contribution in [0.2, 0.25) is 10.0 Å². The predicted octanol–water partition coefficient (Wildman–Crippen LogP) is 6.16. The number of fused-ring (bicyclic) bond motifs is 1. The number of likely N-dealkylation sites (N-methyl/N-ethyl adjacent to an activating group) is 1. The van der Waals surface area contributed by atoms with Crippen LogP contribution in [0.15, 0.2) is 30.3 Å². The van der Waals surface area contributed by atoms with Crippen molar-refractivity contribution in [3.8, 4) is 5.75 Å². The Bertz CT molecular complexity index is 1060. The molecule has 10 heteroatoms. The highest BCUT2D eigenvalue weighted by Crippen LogP contribution is 2.39. The van der Waals surface area contributed by atoms with Crippen LogP contribution >= 0.6 is 46.9 Å². The van der Waals surface area contributed by atoms with Crippen LogP contribution < -0.4 is 9.64 Å². The summed E-state index contributed by atoms with van der Waals surface area (Å²) in [6.45, 7) is 6.89. The molecule has 0 spiro atoms. The highest BCUT2D eigenvalue weighted by Gasteiger charge is 2.25. The molecule has 0 N–H and O–H groups in total. The summed E-state index contributed by atoms with van der Waals surface area (Å²) in [5, 5.41) is 1.07. The number of amides is 1. The van der Waals surface area contributed by atoms with Crippen LogP contribution in [0.4, 0.5) is 9.52 Å². The van der Waals surface area contributed by atoms with E-state index in [1.807, 2.05) is 0 Å². The summed E-state index contributed by atoms with van der Waals surface area (Å²) in [4.78, 5) is 21.8. The number of aromatic nitrogens is 1. The highest BCUT2D eigenvalue weighted by molar-refractivity contribution is 7.23. The van der Waals surface area contributed by atoms with E-state index in [1.54, 1.807) is 24.1 Å². The van der Waals surface area contributed by atoms with Crippen LogP contribution in [0.25, 0.3) is 10.2 Å². The van der Waals surface area contributed by atoms with Crippen LogP contribution in [0, 0.1) is 5.82 Å². The Morgan fingerprint density at radius 1 is 1.13 bits per heavy atom. The summed E-state index contributed by atoms with van der Waals surface area (Å²) < 4.78 is 19.6. The lowest BCUT2D eigenvalue weighted by Gasteiger charge is -2.25. The van der Waals surface area contributed by atoms with Crippen LogP contribution in [0.3, 0.4) is 0 Å². The molecule has 0 aliphatic carbocycles. The maximum Gasteiger partial charge on any atom is 0.261 e. The number of benzene rings is 2. The first-order valence-electron chi connectivity index (χ1n) is 9.51. The average Bonchev–Trinajstić information content (AvgIpc) is 3.17. The largest absolute Gasteiger partial charge is 0.494 e. The number of carbonyl (C=O) groups is 1. The summed E-state index contributed by atoms with van der Waals surface area (Å²) >= 11 is 13.8. The summed E-state index contributed by atoms with van der Waals surface area (Å²) in [7, 11) is 1.56. The first kappa shape index (κ1) is 25.6. The molecule has 0 saturated heterocycles. The van der Waals surface area contributed by atoms with Gasteiger partial charge in [-0.05, 0) is 43.4 Å². The van der Waals surface area contributed by atoms with E-state index in [9.17, 15) is 9.18 Å². The number of hydrogen-bond acceptors (Lipinski definition) is 5. The second-order valence-electron chi connectivity index (χ2n) is 6.53. The number of thiazole rings is 1. The summed E-state index contributed by atoms with van der Waals surface area (Å²) in [5.74, 6) is -0.267. The number of rotatable bonds is 8. The molecule has 0 aliphatic rings. The maximum absolute atomic E-state index is 13.5. The van der Waals surface area contributed by atoms with Gasteiger partial charge >= 0.3 is 0 Å². The van der Waals surface area contributed by atoms with Gasteiger partial charge < -0.3 is 9.64 Å². The van der Waals surface area contributed by atoms with Gasteiger partial charge in [-0.2, -0.15) is 0 Å². The van der Waals surface area contributed by atoms with E-state index < -0.39 is 5.82 Å². The van der Waals surface area contributed by atoms with E-state index in [4.69, 9.17) is 27.9 Å². The molecule has 31 heavy (non-hydrogen) atoms. The fourth-order valence-electron chi connectivity index (χ4n) is 3.09. The smallest absolute Gasteiger partial charge is 0.261 e. The van der Waals surface area contributed by atoms with Crippen LogP contribution in [-0.2, 0) is 0 Å². The normalized spacial score (nSPS) is 10.9. The van der Waals surface area contributed by atoms with Gasteiger partial charge in [0.1, 0.15) is 17.1 Å². The first-order chi connectivity index (χ1) is 14.4. The van der Waals surface area contributed by atoms with Gasteiger partial charge in [0.15, 0.2) is 5.13 Å². The van der Waals surface area contributed by atoms with Gasteiger partial charge in [-0.25, -0.2) is 9.37 Å². The number of ether oxygens (including phenoxy) is 1. The minimum Gasteiger partial charge on any atom is -0.494 e. The Balaban J connectivity index is 0.00000341. The third kappa shape index (κ3) is 5.59. The zero-order chi connectivity index (χ0) is 21.8. The van der Waals surface area contributed by atoms with Crippen molar-refractivity contribution in [2.45, 2.75) is 13.8 Å². The van der Waals surface area contributed by atoms with Crippen LogP contribution in [0.1, 0.15) is 24.2 Å². The maximum atomic E-state index is 13.5. The molecule has 1 heterocycles. The number of anilines is 1. The Labute approximate surface area is 201 Å². The molecular weight excluding hydrogens is 484 g/mol. The van der Waals surface area contributed by atoms with Crippen molar-refractivity contribution in [1.29, 1.82) is 0 Å². The first-order valence-corrected chi connectivity index (χ1v) is 11.1. The monoisotopic (exact) mass is 505 g/mol. The van der Waals surface area contributed by atoms with Gasteiger partial charge in [0.25, 0.3) is 5.91 Å². The summed E-state index contributed by atoms with van der Waals surface area (Å²) in [6.07, 6.45) is 0. The molecule has 0 atom stereocenters. The number of halogens is 4. The quantitative estimate of drug-likeness (QED) is 0.367. The lowest BCUT2D eigenvalue weighted by Crippen LogP contribution is -2.39. The van der Waals surface area contributed by atoms with E-state index in [1.165, 1.54) is 23.5 Å². The summed E-state index contributed by atoms with van der Waals surface area (Å²) in [6, 6.07) is 7.23. The predicted molar refractivity (Wildman–Crippen MR) is 129 cm³/mol. The van der Waals surface area contributed by atoms with Gasteiger partial charge in [0, 0.05) is 13.1 Å². The number of methoxy groups -OCH3 is 1. The Kier molecular flexibility index (Phi) is 9.33. The van der Waals surface area contributed by atoms with Crippen molar-refractivity contribution in [1.82, 2.24) is 9.88 Å². The van der Waals surface area contributed by atoms with Crippen molar-refractivity contribution >= 4 is 68.2 Å². The fraction of sp³-hybridized carbons (Fsp3) is 0.333. The Morgan fingerprint density at radius 2 is 1.84 bits per heavy atom. The van der Waals surface area contributed by atoms with Gasteiger partial charge in [-0.1, -0.05) is 48.4 Å². The summed E-state index contributed by atoms with van der Waals surface area (Å²) in [5.41, 5.74) is 0.811. The van der Waals surface area contributed by atoms with Gasteiger partial charge in [-0.3, -0.25) is 9.69 Å². The van der Waals surface area contributed by atoms with Crippen LogP contribution in [0.5, 0.6) is 5.75 Å². The van der Waals surface area contributed by atoms with Gasteiger partial charge in [0.05, 0.1) is 27.4 Å². The molecule has 0 fully saturated rings. The van der Waals surface area contributed by atoms with Crippen molar-refractivity contribution < 1.29 is 13.9 Å². The van der Waals surface area contributed by atoms with E-state index in [0.29, 0.717) is 34.5 Å². The average molecular weight is 507 g/mol. The molecule has 1 amide bonds. The molecule has 0 bridgehead atoms. The molecule has 0 aliphatic heterocycles. The third-order valence-corrected chi connectivity index (χ3v) is 6.69. The molecule has 5 nitrogen and oxygen atoms in total. The zero-order valence-electron chi connectivity index (χ0n) is 17.3. The van der Waals surface area contributed by atoms with Crippen LogP contribution in [-0.4, -0.2) is 49.1 Å². The standard InChI is InChI=1S/C21H22Cl2FN3O2S.ClH/c1-4-26(5-2)10-11-27(20(28)14-7-6-13(24)12-16(14)23)21-25-18-17(29-3)9-8-15(22)19(18)30-21;/h6-9,12H,4-5,10-11H2,1-3H3;1H. The van der Waals surface area contributed by atoms with E-state index >= 15 is 0 Å². The minimum atomic E-state index is -0.497. The minimum absolute atomic E-state index is 0. The fourth-order valence-corrected chi connectivity index (χ4v) is 4.62. The second-order valence-corrected chi connectivity index (χ2v) is 8.32. The Hall–Kier alpha value is -1.64. The molecule has 0 radical (unpaired) electrons. The second kappa shape index (κ2) is 11.3. The molecule has 0 saturated carbocycles. The lowest BCUT2D eigenvalue weighted by atomic mass is 10.2. The van der Waals surface area contributed by atoms with E-state index in [2.05, 4.69) is 23.7 Å². The van der Waals surface area contributed by atoms with Crippen molar-refractivity contribution in [3.63, 3.8) is 0 Å². The molecule has 168 valence electrons.